The van der Waals surface area contributed by atoms with Crippen molar-refractivity contribution in [2.24, 2.45) is 0 Å². The lowest BCUT2D eigenvalue weighted by Crippen LogP contribution is -2.36. The number of carbonyl (C=O) groups is 1. The third kappa shape index (κ3) is 4.69. The average molecular weight is 418 g/mol. The zero-order valence-corrected chi connectivity index (χ0v) is 15.8. The summed E-state index contributed by atoms with van der Waals surface area (Å²) >= 11 is 4.82. The first-order chi connectivity index (χ1) is 12.2. The number of hydrogen-bond acceptors (Lipinski definition) is 5. The van der Waals surface area contributed by atoms with Crippen LogP contribution in [0.4, 0.5) is 11.4 Å². The number of benzene rings is 1. The molecular weight excluding hydrogens is 402 g/mol. The minimum absolute atomic E-state index is 0.0756. The number of amides is 1. The summed E-state index contributed by atoms with van der Waals surface area (Å²) in [5.41, 5.74) is 1.84. The minimum atomic E-state index is -0.411. The van der Waals surface area contributed by atoms with Crippen molar-refractivity contribution in [3.8, 4) is 6.07 Å². The zero-order chi connectivity index (χ0) is 17.6. The monoisotopic (exact) mass is 417 g/mol. The molecule has 0 saturated carbocycles. The first kappa shape index (κ1) is 17.7. The molecule has 1 N–H and O–H groups in total. The van der Waals surface area contributed by atoms with Crippen LogP contribution >= 0.6 is 27.3 Å². The van der Waals surface area contributed by atoms with Gasteiger partial charge in [0.15, 0.2) is 0 Å². The number of thiophene rings is 1. The molecule has 1 aromatic heterocycles. The molecule has 0 spiro atoms. The van der Waals surface area contributed by atoms with Crippen LogP contribution in [-0.4, -0.2) is 32.2 Å². The first-order valence-corrected chi connectivity index (χ1v) is 9.43. The normalized spacial score (nSPS) is 14.9. The largest absolute Gasteiger partial charge is 0.378 e. The number of ether oxygens (including phenoxy) is 1. The van der Waals surface area contributed by atoms with Crippen molar-refractivity contribution in [3.05, 3.63) is 50.6 Å². The van der Waals surface area contributed by atoms with E-state index in [2.05, 4.69) is 26.1 Å². The van der Waals surface area contributed by atoms with Crippen molar-refractivity contribution in [2.45, 2.75) is 0 Å². The summed E-state index contributed by atoms with van der Waals surface area (Å²) in [6.07, 6.45) is 1.59. The highest BCUT2D eigenvalue weighted by Crippen LogP contribution is 2.23. The quantitative estimate of drug-likeness (QED) is 0.605. The molecule has 1 aromatic carbocycles. The second kappa shape index (κ2) is 8.30. The van der Waals surface area contributed by atoms with Crippen LogP contribution in [0.3, 0.4) is 0 Å². The number of hydrogen-bond donors (Lipinski definition) is 1. The molecule has 0 atom stereocenters. The molecule has 1 aliphatic heterocycles. The molecule has 3 rings (SSSR count). The number of nitrogens with one attached hydrogen (secondary N) is 1. The molecule has 0 bridgehead atoms. The highest BCUT2D eigenvalue weighted by atomic mass is 79.9. The SMILES string of the molecule is N#C/C(=C\c1cc(Br)cs1)C(=O)Nc1ccc(N2CCOCC2)cc1. The maximum Gasteiger partial charge on any atom is 0.266 e. The Morgan fingerprint density at radius 1 is 1.32 bits per heavy atom. The van der Waals surface area contributed by atoms with E-state index in [0.717, 1.165) is 41.3 Å². The van der Waals surface area contributed by atoms with Gasteiger partial charge in [-0.2, -0.15) is 5.26 Å². The van der Waals surface area contributed by atoms with Crippen LogP contribution in [0.25, 0.3) is 6.08 Å². The first-order valence-electron chi connectivity index (χ1n) is 7.75. The van der Waals surface area contributed by atoms with E-state index in [1.54, 1.807) is 6.08 Å². The third-order valence-corrected chi connectivity index (χ3v) is 5.38. The number of nitriles is 1. The molecule has 1 saturated heterocycles. The molecule has 0 unspecified atom stereocenters. The smallest absolute Gasteiger partial charge is 0.266 e. The van der Waals surface area contributed by atoms with Gasteiger partial charge in [-0.1, -0.05) is 0 Å². The second-order valence-electron chi connectivity index (χ2n) is 5.44. The molecule has 0 radical (unpaired) electrons. The summed E-state index contributed by atoms with van der Waals surface area (Å²) in [5.74, 6) is -0.411. The standard InChI is InChI=1S/C18H16BrN3O2S/c19-14-10-17(25-12-14)9-13(11-20)18(23)21-15-1-3-16(4-2-15)22-5-7-24-8-6-22/h1-4,9-10,12H,5-8H2,(H,21,23)/b13-9+. The van der Waals surface area contributed by atoms with Gasteiger partial charge < -0.3 is 15.0 Å². The number of rotatable bonds is 4. The van der Waals surface area contributed by atoms with E-state index in [1.807, 2.05) is 41.8 Å². The van der Waals surface area contributed by atoms with Crippen LogP contribution < -0.4 is 10.2 Å². The van der Waals surface area contributed by atoms with Crippen molar-refractivity contribution < 1.29 is 9.53 Å². The Labute approximate surface area is 158 Å². The topological polar surface area (TPSA) is 65.4 Å². The van der Waals surface area contributed by atoms with Gasteiger partial charge in [0, 0.05) is 39.2 Å². The molecule has 0 aliphatic carbocycles. The Balaban J connectivity index is 1.67. The molecule has 2 heterocycles. The molecular formula is C18H16BrN3O2S. The van der Waals surface area contributed by atoms with Gasteiger partial charge in [-0.3, -0.25) is 4.79 Å². The van der Waals surface area contributed by atoms with Gasteiger partial charge >= 0.3 is 0 Å². The van der Waals surface area contributed by atoms with Crippen LogP contribution in [0.2, 0.25) is 0 Å². The Bertz CT molecular complexity index is 818. The van der Waals surface area contributed by atoms with E-state index in [-0.39, 0.29) is 5.57 Å². The third-order valence-electron chi connectivity index (χ3n) is 3.74. The molecule has 25 heavy (non-hydrogen) atoms. The zero-order valence-electron chi connectivity index (χ0n) is 13.4. The predicted molar refractivity (Wildman–Crippen MR) is 104 cm³/mol. The molecule has 7 heteroatoms. The lowest BCUT2D eigenvalue weighted by atomic mass is 10.2. The van der Waals surface area contributed by atoms with Crippen LogP contribution in [0.5, 0.6) is 0 Å². The van der Waals surface area contributed by atoms with Crippen molar-refractivity contribution in [1.82, 2.24) is 0 Å². The maximum atomic E-state index is 12.3. The van der Waals surface area contributed by atoms with E-state index >= 15 is 0 Å². The number of carbonyl (C=O) groups excluding carboxylic acids is 1. The van der Waals surface area contributed by atoms with E-state index in [9.17, 15) is 10.1 Å². The molecule has 2 aromatic rings. The van der Waals surface area contributed by atoms with Crippen molar-refractivity contribution in [1.29, 1.82) is 5.26 Å². The maximum absolute atomic E-state index is 12.3. The molecule has 1 amide bonds. The van der Waals surface area contributed by atoms with Gasteiger partial charge in [0.05, 0.1) is 13.2 Å². The Morgan fingerprint density at radius 3 is 2.64 bits per heavy atom. The van der Waals surface area contributed by atoms with E-state index in [0.29, 0.717) is 5.69 Å². The van der Waals surface area contributed by atoms with Crippen molar-refractivity contribution in [2.75, 3.05) is 36.5 Å². The van der Waals surface area contributed by atoms with Gasteiger partial charge in [0.1, 0.15) is 11.6 Å². The highest BCUT2D eigenvalue weighted by Gasteiger charge is 2.13. The van der Waals surface area contributed by atoms with Gasteiger partial charge in [-0.15, -0.1) is 11.3 Å². The fourth-order valence-electron chi connectivity index (χ4n) is 2.47. The number of halogens is 1. The highest BCUT2D eigenvalue weighted by molar-refractivity contribution is 9.10. The summed E-state index contributed by atoms with van der Waals surface area (Å²) in [6.45, 7) is 3.19. The molecule has 1 fully saturated rings. The predicted octanol–water partition coefficient (Wildman–Crippen LogP) is 3.89. The molecule has 128 valence electrons. The Kier molecular flexibility index (Phi) is 5.87. The van der Waals surface area contributed by atoms with Crippen LogP contribution in [0.1, 0.15) is 4.88 Å². The second-order valence-corrected chi connectivity index (χ2v) is 7.30. The molecule has 5 nitrogen and oxygen atoms in total. The fraction of sp³-hybridized carbons (Fsp3) is 0.222. The van der Waals surface area contributed by atoms with Gasteiger partial charge in [0.25, 0.3) is 5.91 Å². The van der Waals surface area contributed by atoms with Gasteiger partial charge in [-0.25, -0.2) is 0 Å². The van der Waals surface area contributed by atoms with E-state index < -0.39 is 5.91 Å². The van der Waals surface area contributed by atoms with Gasteiger partial charge in [0.2, 0.25) is 0 Å². The molecule has 1 aliphatic rings. The van der Waals surface area contributed by atoms with E-state index in [4.69, 9.17) is 4.74 Å². The minimum Gasteiger partial charge on any atom is -0.378 e. The van der Waals surface area contributed by atoms with Crippen LogP contribution in [0, 0.1) is 11.3 Å². The van der Waals surface area contributed by atoms with Crippen molar-refractivity contribution >= 4 is 50.6 Å². The summed E-state index contributed by atoms with van der Waals surface area (Å²) in [7, 11) is 0. The van der Waals surface area contributed by atoms with Gasteiger partial charge in [-0.05, 0) is 52.3 Å². The average Bonchev–Trinajstić information content (AvgIpc) is 3.06. The summed E-state index contributed by atoms with van der Waals surface area (Å²) in [4.78, 5) is 15.4. The fourth-order valence-corrected chi connectivity index (χ4v) is 3.85. The van der Waals surface area contributed by atoms with Crippen LogP contribution in [0.15, 0.2) is 45.8 Å². The number of morpholine rings is 1. The number of nitrogens with zero attached hydrogens (tertiary/aromatic N) is 2. The van der Waals surface area contributed by atoms with Crippen molar-refractivity contribution in [3.63, 3.8) is 0 Å². The Hall–Kier alpha value is -2.14. The van der Waals surface area contributed by atoms with Crippen LogP contribution in [-0.2, 0) is 9.53 Å². The summed E-state index contributed by atoms with van der Waals surface area (Å²) in [6, 6.07) is 11.5. The summed E-state index contributed by atoms with van der Waals surface area (Å²) in [5, 5.41) is 13.9. The number of anilines is 2. The lowest BCUT2D eigenvalue weighted by molar-refractivity contribution is -0.112. The lowest BCUT2D eigenvalue weighted by Gasteiger charge is -2.28. The van der Waals surface area contributed by atoms with E-state index in [1.165, 1.54) is 11.3 Å². The summed E-state index contributed by atoms with van der Waals surface area (Å²) < 4.78 is 6.28. The Morgan fingerprint density at radius 2 is 2.04 bits per heavy atom.